The van der Waals surface area contributed by atoms with Crippen LogP contribution in [-0.2, 0) is 20.1 Å². The zero-order valence-electron chi connectivity index (χ0n) is 11.4. The van der Waals surface area contributed by atoms with E-state index in [1.807, 2.05) is 30.6 Å². The number of imidazole rings is 1. The third kappa shape index (κ3) is 2.74. The molecule has 0 amide bonds. The molecule has 0 N–H and O–H groups in total. The Morgan fingerprint density at radius 3 is 2.40 bits per heavy atom. The summed E-state index contributed by atoms with van der Waals surface area (Å²) in [6.45, 7) is 4.24. The van der Waals surface area contributed by atoms with Crippen LogP contribution in [0.25, 0.3) is 16.9 Å². The number of rotatable bonds is 2. The van der Waals surface area contributed by atoms with Crippen LogP contribution in [0.1, 0.15) is 11.1 Å². The fraction of sp³-hybridized carbons (Fsp3) is 0.118. The van der Waals surface area contributed by atoms with Gasteiger partial charge in [0.2, 0.25) is 0 Å². The molecule has 0 bridgehead atoms. The molecule has 0 spiro atoms. The zero-order chi connectivity index (χ0) is 13.2. The van der Waals surface area contributed by atoms with E-state index in [4.69, 9.17) is 0 Å². The summed E-state index contributed by atoms with van der Waals surface area (Å²) in [6, 6.07) is 17.4. The smallest absolute Gasteiger partial charge is 0.0883 e. The van der Waals surface area contributed by atoms with Crippen molar-refractivity contribution in [2.24, 2.45) is 0 Å². The molecule has 103 valence electrons. The van der Waals surface area contributed by atoms with E-state index in [1.165, 1.54) is 16.8 Å². The summed E-state index contributed by atoms with van der Waals surface area (Å²) in [5, 5.41) is 0. The summed E-state index contributed by atoms with van der Waals surface area (Å²) < 4.78 is 2.08. The third-order valence-corrected chi connectivity index (χ3v) is 3.27. The molecule has 1 aromatic heterocycles. The molecule has 0 atom stereocenters. The largest absolute Gasteiger partial charge is 0.315 e. The molecule has 1 heterocycles. The van der Waals surface area contributed by atoms with Crippen LogP contribution in [0.2, 0.25) is 0 Å². The van der Waals surface area contributed by atoms with Crippen LogP contribution < -0.4 is 0 Å². The molecule has 20 heavy (non-hydrogen) atoms. The summed E-state index contributed by atoms with van der Waals surface area (Å²) in [5.41, 5.74) is 5.68. The second-order valence-electron chi connectivity index (χ2n) is 4.68. The molecule has 0 fully saturated rings. The van der Waals surface area contributed by atoms with Crippen molar-refractivity contribution < 1.29 is 20.1 Å². The minimum Gasteiger partial charge on any atom is -0.315 e. The molecule has 3 heteroatoms. The van der Waals surface area contributed by atoms with Crippen LogP contribution in [0.15, 0.2) is 55.0 Å². The Hall–Kier alpha value is -1.70. The van der Waals surface area contributed by atoms with Crippen LogP contribution >= 0.6 is 0 Å². The third-order valence-electron chi connectivity index (χ3n) is 3.27. The van der Waals surface area contributed by atoms with Gasteiger partial charge in [-0.2, -0.15) is 0 Å². The number of para-hydroxylation sites is 1. The van der Waals surface area contributed by atoms with Gasteiger partial charge in [-0.15, -0.1) is 35.9 Å². The van der Waals surface area contributed by atoms with Crippen molar-refractivity contribution in [1.82, 2.24) is 9.55 Å². The van der Waals surface area contributed by atoms with Gasteiger partial charge in [-0.1, -0.05) is 18.2 Å². The van der Waals surface area contributed by atoms with Crippen molar-refractivity contribution >= 4 is 0 Å². The number of hydrogen-bond acceptors (Lipinski definition) is 1. The van der Waals surface area contributed by atoms with Gasteiger partial charge in [0.15, 0.2) is 0 Å². The molecular weight excluding hydrogens is 424 g/mol. The first-order valence-corrected chi connectivity index (χ1v) is 6.33. The van der Waals surface area contributed by atoms with Gasteiger partial charge < -0.3 is 4.57 Å². The average molecular weight is 440 g/mol. The molecule has 0 aliphatic carbocycles. The summed E-state index contributed by atoms with van der Waals surface area (Å²) in [7, 11) is 0. The SMILES string of the molecule is Cc1cccc(C)c1-n1cnc(-c2[c-]cccc2)c1.[Ir]. The monoisotopic (exact) mass is 440 g/mol. The molecular formula is C17H15IrN2-. The molecule has 0 aliphatic heterocycles. The Bertz CT molecular complexity index is 682. The first-order valence-electron chi connectivity index (χ1n) is 6.33. The average Bonchev–Trinajstić information content (AvgIpc) is 2.89. The summed E-state index contributed by atoms with van der Waals surface area (Å²) >= 11 is 0. The van der Waals surface area contributed by atoms with Crippen molar-refractivity contribution in [1.29, 1.82) is 0 Å². The minimum atomic E-state index is 0. The normalized spacial score (nSPS) is 10.1. The van der Waals surface area contributed by atoms with Gasteiger partial charge in [0, 0.05) is 25.8 Å². The van der Waals surface area contributed by atoms with Gasteiger partial charge in [0.05, 0.1) is 12.0 Å². The van der Waals surface area contributed by atoms with Crippen molar-refractivity contribution in [3.8, 4) is 16.9 Å². The molecule has 2 aromatic carbocycles. The number of aryl methyl sites for hydroxylation is 2. The predicted molar refractivity (Wildman–Crippen MR) is 77.3 cm³/mol. The van der Waals surface area contributed by atoms with E-state index in [9.17, 15) is 0 Å². The van der Waals surface area contributed by atoms with E-state index in [0.717, 1.165) is 11.3 Å². The topological polar surface area (TPSA) is 17.8 Å². The van der Waals surface area contributed by atoms with Crippen LogP contribution in [0.3, 0.4) is 0 Å². The Kier molecular flexibility index (Phi) is 4.53. The number of aromatic nitrogens is 2. The second-order valence-corrected chi connectivity index (χ2v) is 4.68. The standard InChI is InChI=1S/C17H15N2.Ir/c1-13-7-6-8-14(2)17(13)19-11-16(18-12-19)15-9-4-3-5-10-15;/h3-9,11-12H,1-2H3;/q-1;. The van der Waals surface area contributed by atoms with E-state index >= 15 is 0 Å². The van der Waals surface area contributed by atoms with Gasteiger partial charge in [-0.05, 0) is 31.2 Å². The molecule has 2 nitrogen and oxygen atoms in total. The molecule has 3 aromatic rings. The molecule has 0 saturated heterocycles. The van der Waals surface area contributed by atoms with Gasteiger partial charge in [-0.3, -0.25) is 4.98 Å². The fourth-order valence-electron chi connectivity index (χ4n) is 2.35. The molecule has 3 rings (SSSR count). The summed E-state index contributed by atoms with van der Waals surface area (Å²) in [4.78, 5) is 4.48. The van der Waals surface area contributed by atoms with E-state index < -0.39 is 0 Å². The van der Waals surface area contributed by atoms with Crippen molar-refractivity contribution in [3.05, 3.63) is 72.2 Å². The maximum atomic E-state index is 4.48. The van der Waals surface area contributed by atoms with Gasteiger partial charge in [0.1, 0.15) is 0 Å². The number of hydrogen-bond donors (Lipinski definition) is 0. The quantitative estimate of drug-likeness (QED) is 0.553. The van der Waals surface area contributed by atoms with E-state index in [0.29, 0.717) is 0 Å². The number of nitrogens with zero attached hydrogens (tertiary/aromatic N) is 2. The van der Waals surface area contributed by atoms with Crippen molar-refractivity contribution in [2.75, 3.05) is 0 Å². The molecule has 0 aliphatic rings. The summed E-state index contributed by atoms with van der Waals surface area (Å²) in [6.07, 6.45) is 3.92. The minimum absolute atomic E-state index is 0. The Balaban J connectivity index is 0.00000147. The molecule has 0 unspecified atom stereocenters. The van der Waals surface area contributed by atoms with E-state index in [-0.39, 0.29) is 20.1 Å². The predicted octanol–water partition coefficient (Wildman–Crippen LogP) is 3.95. The molecule has 1 radical (unpaired) electrons. The fourth-order valence-corrected chi connectivity index (χ4v) is 2.35. The maximum absolute atomic E-state index is 4.48. The van der Waals surface area contributed by atoms with Crippen LogP contribution in [0.5, 0.6) is 0 Å². The Morgan fingerprint density at radius 2 is 1.75 bits per heavy atom. The van der Waals surface area contributed by atoms with Crippen LogP contribution in [-0.4, -0.2) is 9.55 Å². The Morgan fingerprint density at radius 1 is 1.00 bits per heavy atom. The van der Waals surface area contributed by atoms with Crippen molar-refractivity contribution in [3.63, 3.8) is 0 Å². The summed E-state index contributed by atoms with van der Waals surface area (Å²) in [5.74, 6) is 0. The van der Waals surface area contributed by atoms with Gasteiger partial charge in [-0.25, -0.2) is 0 Å². The Labute approximate surface area is 132 Å². The molecule has 0 saturated carbocycles. The maximum Gasteiger partial charge on any atom is 0.0883 e. The van der Waals surface area contributed by atoms with Gasteiger partial charge in [0.25, 0.3) is 0 Å². The van der Waals surface area contributed by atoms with Gasteiger partial charge >= 0.3 is 0 Å². The second kappa shape index (κ2) is 6.17. The van der Waals surface area contributed by atoms with Crippen molar-refractivity contribution in [2.45, 2.75) is 13.8 Å². The van der Waals surface area contributed by atoms with E-state index in [1.54, 1.807) is 0 Å². The van der Waals surface area contributed by atoms with E-state index in [2.05, 4.69) is 53.9 Å². The van der Waals surface area contributed by atoms with Crippen LogP contribution in [0, 0.1) is 19.9 Å². The first-order chi connectivity index (χ1) is 9.25. The first kappa shape index (κ1) is 14.7. The van der Waals surface area contributed by atoms with Crippen LogP contribution in [0.4, 0.5) is 0 Å². The zero-order valence-corrected chi connectivity index (χ0v) is 13.8. The number of benzene rings is 2.